The van der Waals surface area contributed by atoms with Gasteiger partial charge < -0.3 is 37.9 Å². The number of rotatable bonds is 13. The van der Waals surface area contributed by atoms with Crippen LogP contribution in [0.4, 0.5) is 0 Å². The zero-order chi connectivity index (χ0) is 39.9. The minimum atomic E-state index is -4.94. The molecule has 14 nitrogen and oxygen atoms in total. The number of hydrogen-bond acceptors (Lipinski definition) is 13. The lowest BCUT2D eigenvalue weighted by Gasteiger charge is -2.21. The maximum Gasteiger partial charge on any atom is 0.226 e. The molecule has 0 bridgehead atoms. The van der Waals surface area contributed by atoms with Crippen LogP contribution in [0.25, 0.3) is 21.5 Å². The summed E-state index contributed by atoms with van der Waals surface area (Å²) in [6.07, 6.45) is 4.44. The molecular formula is C40H41ClN2O12. The lowest BCUT2D eigenvalue weighted by atomic mass is 9.94. The van der Waals surface area contributed by atoms with Gasteiger partial charge in [-0.25, -0.2) is 18.6 Å². The van der Waals surface area contributed by atoms with E-state index in [0.29, 0.717) is 52.4 Å². The standard InChI is InChI=1S/C40H41N2O8.ClHO4/c1-43-31-11-9-24(18-33(31)45-3)17-30-28-22-37(49-7)36(48-6)20-26(28)14-16-42(30)40(27-10-12-32(44-2)34(21-27)46-4)39-29-23-38(50-8)35(47-5)19-25(29)13-15-41-39;2-1(3,4)5/h9-16,18-23,40H,17H2,1-8H3;(H,2,3,4,5)/q+1;/p-1. The highest BCUT2D eigenvalue weighted by Crippen LogP contribution is 2.40. The smallest absolute Gasteiger partial charge is 0.226 e. The van der Waals surface area contributed by atoms with Gasteiger partial charge in [0.15, 0.2) is 57.9 Å². The zero-order valence-electron chi connectivity index (χ0n) is 31.5. The highest BCUT2D eigenvalue weighted by atomic mass is 35.7. The van der Waals surface area contributed by atoms with Crippen molar-refractivity contribution < 1.29 is 71.3 Å². The van der Waals surface area contributed by atoms with Crippen LogP contribution in [0.2, 0.25) is 0 Å². The molecule has 290 valence electrons. The van der Waals surface area contributed by atoms with Crippen molar-refractivity contribution in [3.8, 4) is 46.0 Å². The van der Waals surface area contributed by atoms with Gasteiger partial charge in [-0.15, -0.1) is 10.2 Å². The number of ether oxygens (including phenoxy) is 8. The molecule has 1 unspecified atom stereocenters. The van der Waals surface area contributed by atoms with E-state index >= 15 is 0 Å². The highest BCUT2D eigenvalue weighted by Gasteiger charge is 2.33. The first-order valence-corrected chi connectivity index (χ1v) is 17.8. The fraction of sp³-hybridized carbons (Fsp3) is 0.250. The normalized spacial score (nSPS) is 11.6. The van der Waals surface area contributed by atoms with Crippen molar-refractivity contribution in [2.75, 3.05) is 56.9 Å². The van der Waals surface area contributed by atoms with Crippen LogP contribution in [0, 0.1) is 10.2 Å². The Bertz CT molecular complexity index is 2270. The summed E-state index contributed by atoms with van der Waals surface area (Å²) in [4.78, 5) is 5.06. The van der Waals surface area contributed by atoms with Crippen molar-refractivity contribution in [2.45, 2.75) is 12.5 Å². The van der Waals surface area contributed by atoms with E-state index in [9.17, 15) is 0 Å². The Morgan fingerprint density at radius 2 is 0.982 bits per heavy atom. The number of methoxy groups -OCH3 is 8. The second kappa shape index (κ2) is 17.6. The fourth-order valence-corrected chi connectivity index (χ4v) is 6.50. The first-order chi connectivity index (χ1) is 26.4. The van der Waals surface area contributed by atoms with Gasteiger partial charge in [-0.1, -0.05) is 6.07 Å². The van der Waals surface area contributed by atoms with E-state index in [1.807, 2.05) is 72.9 Å². The van der Waals surface area contributed by atoms with Gasteiger partial charge in [-0.2, -0.15) is 4.57 Å². The maximum atomic E-state index is 8.49. The van der Waals surface area contributed by atoms with E-state index in [1.165, 1.54) is 0 Å². The van der Waals surface area contributed by atoms with Crippen LogP contribution in [-0.2, 0) is 6.42 Å². The Hall–Kier alpha value is -5.77. The quantitative estimate of drug-likeness (QED) is 0.156. The van der Waals surface area contributed by atoms with E-state index in [2.05, 4.69) is 16.8 Å². The summed E-state index contributed by atoms with van der Waals surface area (Å²) >= 11 is 0. The molecule has 0 saturated heterocycles. The molecule has 6 rings (SSSR count). The van der Waals surface area contributed by atoms with Gasteiger partial charge in [0.05, 0.1) is 68.7 Å². The first-order valence-electron chi connectivity index (χ1n) is 16.6. The van der Waals surface area contributed by atoms with Crippen LogP contribution in [0.5, 0.6) is 46.0 Å². The zero-order valence-corrected chi connectivity index (χ0v) is 32.3. The van der Waals surface area contributed by atoms with Crippen LogP contribution in [0.15, 0.2) is 85.2 Å². The SMILES string of the molecule is COc1ccc(Cc2c3cc(OC)c(OC)cc3cc[n+]2C(c2ccc(OC)c(OC)c2)c2nccc3cc(OC)c(OC)cc23)cc1OC.[O-][Cl+3]([O-])([O-])[O-]. The van der Waals surface area contributed by atoms with Crippen molar-refractivity contribution >= 4 is 21.5 Å². The van der Waals surface area contributed by atoms with Gasteiger partial charge in [-0.05, 0) is 77.0 Å². The molecule has 0 spiro atoms. The molecule has 0 saturated carbocycles. The largest absolute Gasteiger partial charge is 0.493 e. The molecule has 0 fully saturated rings. The summed E-state index contributed by atoms with van der Waals surface area (Å²) in [7, 11) is 8.13. The summed E-state index contributed by atoms with van der Waals surface area (Å²) in [6, 6.07) is 23.5. The summed E-state index contributed by atoms with van der Waals surface area (Å²) in [5.41, 5.74) is 3.74. The van der Waals surface area contributed by atoms with Crippen LogP contribution < -0.4 is 61.1 Å². The van der Waals surface area contributed by atoms with Gasteiger partial charge in [0.2, 0.25) is 6.04 Å². The maximum absolute atomic E-state index is 8.49. The molecular weight excluding hydrogens is 736 g/mol. The molecule has 0 aliphatic rings. The first kappa shape index (κ1) is 40.4. The molecule has 4 aromatic carbocycles. The lowest BCUT2D eigenvalue weighted by molar-refractivity contribution is -2.00. The number of aromatic nitrogens is 2. The minimum absolute atomic E-state index is 0.441. The molecule has 0 aliphatic carbocycles. The predicted molar refractivity (Wildman–Crippen MR) is 191 cm³/mol. The Kier molecular flexibility index (Phi) is 12.9. The van der Waals surface area contributed by atoms with Crippen molar-refractivity contribution in [3.05, 3.63) is 108 Å². The van der Waals surface area contributed by atoms with Crippen molar-refractivity contribution in [2.24, 2.45) is 0 Å². The van der Waals surface area contributed by atoms with Crippen molar-refractivity contribution in [3.63, 3.8) is 0 Å². The van der Waals surface area contributed by atoms with E-state index in [0.717, 1.165) is 44.1 Å². The Morgan fingerprint density at radius 1 is 0.527 bits per heavy atom. The van der Waals surface area contributed by atoms with Gasteiger partial charge in [-0.3, -0.25) is 4.98 Å². The van der Waals surface area contributed by atoms with Gasteiger partial charge in [0.1, 0.15) is 5.69 Å². The number of fused-ring (bicyclic) bond motifs is 2. The molecule has 0 amide bonds. The molecule has 2 heterocycles. The van der Waals surface area contributed by atoms with Crippen LogP contribution in [-0.4, -0.2) is 61.9 Å². The summed E-state index contributed by atoms with van der Waals surface area (Å²) < 4.78 is 81.8. The van der Waals surface area contributed by atoms with Crippen LogP contribution in [0.1, 0.15) is 28.6 Å². The molecule has 2 aromatic heterocycles. The molecule has 1 atom stereocenters. The average molecular weight is 777 g/mol. The third kappa shape index (κ3) is 8.96. The monoisotopic (exact) mass is 776 g/mol. The molecule has 0 radical (unpaired) electrons. The molecule has 55 heavy (non-hydrogen) atoms. The van der Waals surface area contributed by atoms with Gasteiger partial charge in [0, 0.05) is 23.2 Å². The molecule has 0 aliphatic heterocycles. The van der Waals surface area contributed by atoms with E-state index in [-0.39, 0.29) is 0 Å². The van der Waals surface area contributed by atoms with Crippen molar-refractivity contribution in [1.29, 1.82) is 0 Å². The van der Waals surface area contributed by atoms with E-state index < -0.39 is 16.3 Å². The number of hydrogen-bond donors (Lipinski definition) is 0. The second-order valence-corrected chi connectivity index (χ2v) is 12.6. The topological polar surface area (TPSA) is 183 Å². The molecule has 6 aromatic rings. The van der Waals surface area contributed by atoms with Crippen molar-refractivity contribution in [1.82, 2.24) is 4.98 Å². The van der Waals surface area contributed by atoms with Gasteiger partial charge in [0.25, 0.3) is 0 Å². The summed E-state index contributed by atoms with van der Waals surface area (Å²) in [6.45, 7) is 0. The summed E-state index contributed by atoms with van der Waals surface area (Å²) in [5.74, 6) is 5.02. The third-order valence-electron chi connectivity index (χ3n) is 8.97. The Balaban J connectivity index is 0.00000109. The number of benzene rings is 4. The van der Waals surface area contributed by atoms with Crippen LogP contribution in [0.3, 0.4) is 0 Å². The minimum Gasteiger partial charge on any atom is -0.493 e. The van der Waals surface area contributed by atoms with E-state index in [1.54, 1.807) is 56.9 Å². The fourth-order valence-electron chi connectivity index (χ4n) is 6.50. The molecule has 15 heteroatoms. The number of nitrogens with zero attached hydrogens (tertiary/aromatic N) is 2. The third-order valence-corrected chi connectivity index (χ3v) is 8.97. The Morgan fingerprint density at radius 3 is 1.53 bits per heavy atom. The van der Waals surface area contributed by atoms with E-state index in [4.69, 9.17) is 61.5 Å². The second-order valence-electron chi connectivity index (χ2n) is 11.8. The van der Waals surface area contributed by atoms with Gasteiger partial charge >= 0.3 is 0 Å². The lowest BCUT2D eigenvalue weighted by Crippen LogP contribution is -2.68. The highest BCUT2D eigenvalue weighted by molar-refractivity contribution is 5.89. The van der Waals surface area contributed by atoms with Crippen LogP contribution >= 0.6 is 0 Å². The molecule has 0 N–H and O–H groups in total. The number of pyridine rings is 2. The number of halogens is 1. The predicted octanol–water partition coefficient (Wildman–Crippen LogP) is 2.22. The summed E-state index contributed by atoms with van der Waals surface area (Å²) in [5, 5.41) is 3.82. The Labute approximate surface area is 320 Å². The average Bonchev–Trinajstić information content (AvgIpc) is 3.19.